The van der Waals surface area contributed by atoms with Crippen molar-refractivity contribution in [2.45, 2.75) is 50.5 Å². The molecule has 0 spiro atoms. The molecule has 0 radical (unpaired) electrons. The van der Waals surface area contributed by atoms with Gasteiger partial charge in [-0.3, -0.25) is 9.59 Å². The number of carbonyl (C=O) groups excluding carboxylic acids is 2. The summed E-state index contributed by atoms with van der Waals surface area (Å²) < 4.78 is 32.2. The summed E-state index contributed by atoms with van der Waals surface area (Å²) in [6.45, 7) is 3.65. The molecule has 0 aromatic carbocycles. The zero-order valence-electron chi connectivity index (χ0n) is 16.8. The van der Waals surface area contributed by atoms with Gasteiger partial charge in [-0.2, -0.15) is 4.31 Å². The fourth-order valence-corrected chi connectivity index (χ4v) is 6.17. The third kappa shape index (κ3) is 4.14. The van der Waals surface area contributed by atoms with Crippen LogP contribution in [0.1, 0.15) is 47.5 Å². The van der Waals surface area contributed by atoms with Crippen molar-refractivity contribution < 1.29 is 22.5 Å². The van der Waals surface area contributed by atoms with Gasteiger partial charge < -0.3 is 15.2 Å². The van der Waals surface area contributed by atoms with E-state index in [4.69, 9.17) is 4.52 Å². The van der Waals surface area contributed by atoms with Crippen LogP contribution in [0.4, 0.5) is 5.00 Å². The lowest BCUT2D eigenvalue weighted by molar-refractivity contribution is -0.120. The largest absolute Gasteiger partial charge is 0.360 e. The minimum atomic E-state index is -3.71. The molecule has 2 aliphatic rings. The van der Waals surface area contributed by atoms with Crippen molar-refractivity contribution in [3.63, 3.8) is 0 Å². The molecule has 2 aromatic rings. The van der Waals surface area contributed by atoms with Crippen LogP contribution in [-0.2, 0) is 14.8 Å². The van der Waals surface area contributed by atoms with Crippen LogP contribution < -0.4 is 10.6 Å². The van der Waals surface area contributed by atoms with Crippen LogP contribution in [0.15, 0.2) is 20.9 Å². The summed E-state index contributed by atoms with van der Waals surface area (Å²) >= 11 is 1.31. The molecule has 9 nitrogen and oxygen atoms in total. The molecule has 4 rings (SSSR count). The van der Waals surface area contributed by atoms with Crippen LogP contribution in [0, 0.1) is 19.8 Å². The Labute approximate surface area is 178 Å². The smallest absolute Gasteiger partial charge is 0.254 e. The first-order chi connectivity index (χ1) is 14.3. The topological polar surface area (TPSA) is 122 Å². The van der Waals surface area contributed by atoms with Crippen LogP contribution in [0.3, 0.4) is 0 Å². The molecule has 162 valence electrons. The molecule has 1 saturated heterocycles. The summed E-state index contributed by atoms with van der Waals surface area (Å²) in [6.07, 6.45) is 2.80. The Hall–Kier alpha value is -2.24. The normalized spacial score (nSPS) is 18.3. The lowest BCUT2D eigenvalue weighted by atomic mass is 9.97. The molecule has 1 aliphatic heterocycles. The van der Waals surface area contributed by atoms with E-state index in [0.717, 1.165) is 12.8 Å². The number of aryl methyl sites for hydroxylation is 2. The monoisotopic (exact) mass is 452 g/mol. The summed E-state index contributed by atoms with van der Waals surface area (Å²) in [6, 6.07) is 1.95. The molecule has 2 aromatic heterocycles. The summed E-state index contributed by atoms with van der Waals surface area (Å²) in [5.74, 6) is -0.411. The van der Waals surface area contributed by atoms with Crippen molar-refractivity contribution in [1.29, 1.82) is 0 Å². The maximum absolute atomic E-state index is 12.9. The molecule has 1 aliphatic carbocycles. The van der Waals surface area contributed by atoms with Crippen molar-refractivity contribution in [3.05, 3.63) is 28.5 Å². The number of hydrogen-bond acceptors (Lipinski definition) is 7. The number of nitrogens with zero attached hydrogens (tertiary/aromatic N) is 2. The first kappa shape index (κ1) is 21.0. The Balaban J connectivity index is 1.37. The van der Waals surface area contributed by atoms with Gasteiger partial charge in [-0.15, -0.1) is 11.3 Å². The second kappa shape index (κ2) is 8.12. The molecule has 2 fully saturated rings. The van der Waals surface area contributed by atoms with Gasteiger partial charge in [0.25, 0.3) is 5.91 Å². The number of piperidine rings is 1. The number of thiophene rings is 1. The van der Waals surface area contributed by atoms with Crippen molar-refractivity contribution in [2.75, 3.05) is 18.4 Å². The fourth-order valence-electron chi connectivity index (χ4n) is 3.62. The third-order valence-electron chi connectivity index (χ3n) is 5.45. The van der Waals surface area contributed by atoms with Crippen LogP contribution >= 0.6 is 11.3 Å². The van der Waals surface area contributed by atoms with Gasteiger partial charge in [0.15, 0.2) is 5.76 Å². The predicted octanol–water partition coefficient (Wildman–Crippen LogP) is 2.28. The van der Waals surface area contributed by atoms with Gasteiger partial charge in [0.05, 0.1) is 5.56 Å². The number of aromatic nitrogens is 1. The molecule has 11 heteroatoms. The molecular weight excluding hydrogens is 428 g/mol. The van der Waals surface area contributed by atoms with Gasteiger partial charge in [0, 0.05) is 25.0 Å². The number of rotatable bonds is 6. The van der Waals surface area contributed by atoms with Crippen molar-refractivity contribution in [1.82, 2.24) is 14.8 Å². The highest BCUT2D eigenvalue weighted by Crippen LogP contribution is 2.30. The van der Waals surface area contributed by atoms with Gasteiger partial charge in [-0.1, -0.05) is 5.16 Å². The van der Waals surface area contributed by atoms with Gasteiger partial charge in [-0.05, 0) is 51.0 Å². The van der Waals surface area contributed by atoms with Crippen molar-refractivity contribution in [2.24, 2.45) is 5.92 Å². The van der Waals surface area contributed by atoms with Crippen LogP contribution in [0.5, 0.6) is 0 Å². The minimum Gasteiger partial charge on any atom is -0.360 e. The first-order valence-corrected chi connectivity index (χ1v) is 12.2. The standard InChI is InChI=1S/C19H24N4O5S2/c1-11-16(12(2)28-22-11)30(26,27)23-8-5-13(6-9-23)17(24)21-19-15(7-10-29-19)18(25)20-14-3-4-14/h7,10,13-14H,3-6,8-9H2,1-2H3,(H,20,25)(H,21,24). The zero-order chi connectivity index (χ0) is 21.5. The van der Waals surface area contributed by atoms with Gasteiger partial charge in [0.2, 0.25) is 15.9 Å². The van der Waals surface area contributed by atoms with E-state index in [9.17, 15) is 18.0 Å². The van der Waals surface area contributed by atoms with Crippen molar-refractivity contribution in [3.8, 4) is 0 Å². The average Bonchev–Trinajstić information content (AvgIpc) is 3.28. The Kier molecular flexibility index (Phi) is 5.69. The van der Waals surface area contributed by atoms with Crippen LogP contribution in [-0.4, -0.2) is 48.8 Å². The van der Waals surface area contributed by atoms with E-state index >= 15 is 0 Å². The number of sulfonamides is 1. The highest BCUT2D eigenvalue weighted by molar-refractivity contribution is 7.89. The van der Waals surface area contributed by atoms with Gasteiger partial charge in [-0.25, -0.2) is 8.42 Å². The molecular formula is C19H24N4O5S2. The summed E-state index contributed by atoms with van der Waals surface area (Å²) in [5, 5.41) is 11.8. The van der Waals surface area contributed by atoms with E-state index in [2.05, 4.69) is 15.8 Å². The SMILES string of the molecule is Cc1noc(C)c1S(=O)(=O)N1CCC(C(=O)Nc2sccc2C(=O)NC2CC2)CC1. The third-order valence-corrected chi connectivity index (χ3v) is 8.42. The molecule has 3 heterocycles. The number of amides is 2. The first-order valence-electron chi connectivity index (χ1n) is 9.89. The Morgan fingerprint density at radius 2 is 1.90 bits per heavy atom. The fraction of sp³-hybridized carbons (Fsp3) is 0.526. The summed E-state index contributed by atoms with van der Waals surface area (Å²) in [5.41, 5.74) is 0.806. The minimum absolute atomic E-state index is 0.107. The predicted molar refractivity (Wildman–Crippen MR) is 111 cm³/mol. The molecule has 2 N–H and O–H groups in total. The van der Waals surface area contributed by atoms with Crippen molar-refractivity contribution >= 4 is 38.2 Å². The molecule has 2 amide bonds. The Morgan fingerprint density at radius 3 is 2.50 bits per heavy atom. The Bertz CT molecular complexity index is 1040. The van der Waals surface area contributed by atoms with E-state index in [1.807, 2.05) is 0 Å². The zero-order valence-corrected chi connectivity index (χ0v) is 18.4. The number of hydrogen-bond donors (Lipinski definition) is 2. The highest BCUT2D eigenvalue weighted by Gasteiger charge is 2.35. The highest BCUT2D eigenvalue weighted by atomic mass is 32.2. The van der Waals surface area contributed by atoms with E-state index in [0.29, 0.717) is 29.1 Å². The average molecular weight is 453 g/mol. The van der Waals surface area contributed by atoms with E-state index in [1.54, 1.807) is 25.3 Å². The number of anilines is 1. The van der Waals surface area contributed by atoms with Crippen LogP contribution in [0.2, 0.25) is 0 Å². The molecule has 1 saturated carbocycles. The summed E-state index contributed by atoms with van der Waals surface area (Å²) in [7, 11) is -3.71. The maximum atomic E-state index is 12.9. The molecule has 30 heavy (non-hydrogen) atoms. The number of carbonyl (C=O) groups is 2. The second-order valence-corrected chi connectivity index (χ2v) is 10.5. The lowest BCUT2D eigenvalue weighted by Gasteiger charge is -2.30. The second-order valence-electron chi connectivity index (χ2n) is 7.73. The van der Waals surface area contributed by atoms with E-state index in [-0.39, 0.29) is 47.5 Å². The molecule has 0 atom stereocenters. The lowest BCUT2D eigenvalue weighted by Crippen LogP contribution is -2.41. The summed E-state index contributed by atoms with van der Waals surface area (Å²) in [4.78, 5) is 25.2. The molecule has 0 bridgehead atoms. The number of nitrogens with one attached hydrogen (secondary N) is 2. The van der Waals surface area contributed by atoms with Gasteiger partial charge in [0.1, 0.15) is 15.6 Å². The van der Waals surface area contributed by atoms with Gasteiger partial charge >= 0.3 is 0 Å². The Morgan fingerprint density at radius 1 is 1.20 bits per heavy atom. The van der Waals surface area contributed by atoms with E-state index < -0.39 is 10.0 Å². The van der Waals surface area contributed by atoms with E-state index in [1.165, 1.54) is 15.6 Å². The van der Waals surface area contributed by atoms with Crippen LogP contribution in [0.25, 0.3) is 0 Å². The maximum Gasteiger partial charge on any atom is 0.254 e. The molecule has 0 unspecified atom stereocenters. The quantitative estimate of drug-likeness (QED) is 0.693.